The maximum Gasteiger partial charge on any atom is 0.126 e. The fourth-order valence-corrected chi connectivity index (χ4v) is 1.85. The number of carbonyl (C=O) groups is 1. The zero-order valence-electron chi connectivity index (χ0n) is 12.4. The van der Waals surface area contributed by atoms with Gasteiger partial charge in [-0.15, -0.1) is 0 Å². The van der Waals surface area contributed by atoms with E-state index >= 15 is 0 Å². The second-order valence-corrected chi connectivity index (χ2v) is 5.00. The molecule has 0 spiro atoms. The molecule has 0 aliphatic carbocycles. The van der Waals surface area contributed by atoms with Gasteiger partial charge >= 0.3 is 0 Å². The van der Waals surface area contributed by atoms with E-state index in [-0.39, 0.29) is 6.42 Å². The molecule has 20 heavy (non-hydrogen) atoms. The lowest BCUT2D eigenvalue weighted by Crippen LogP contribution is -3.05. The zero-order valence-corrected chi connectivity index (χ0v) is 12.4. The average Bonchev–Trinajstić information content (AvgIpc) is 2.41. The van der Waals surface area contributed by atoms with Crippen LogP contribution >= 0.6 is 0 Å². The summed E-state index contributed by atoms with van der Waals surface area (Å²) >= 11 is 0. The summed E-state index contributed by atoms with van der Waals surface area (Å²) in [4.78, 5) is 11.9. The smallest absolute Gasteiger partial charge is 0.126 e. The Balaban J connectivity index is 2.65. The highest BCUT2D eigenvalue weighted by molar-refractivity contribution is 5.64. The van der Waals surface area contributed by atoms with Crippen molar-refractivity contribution in [3.05, 3.63) is 23.8 Å². The third kappa shape index (κ3) is 5.93. The van der Waals surface area contributed by atoms with Crippen molar-refractivity contribution in [3.8, 4) is 11.5 Å². The van der Waals surface area contributed by atoms with Gasteiger partial charge in [0.2, 0.25) is 0 Å². The highest BCUT2D eigenvalue weighted by Gasteiger charge is 2.07. The lowest BCUT2D eigenvalue weighted by Gasteiger charge is -2.14. The molecule has 0 radical (unpaired) electrons. The van der Waals surface area contributed by atoms with Crippen molar-refractivity contribution in [1.82, 2.24) is 0 Å². The Morgan fingerprint density at radius 2 is 2.10 bits per heavy atom. The Hall–Kier alpha value is -1.75. The summed E-state index contributed by atoms with van der Waals surface area (Å²) in [6.07, 6.45) is 1.34. The number of aryl methyl sites for hydroxylation is 1. The van der Waals surface area contributed by atoms with Crippen LogP contribution in [0.2, 0.25) is 0 Å². The van der Waals surface area contributed by atoms with Crippen LogP contribution in [0, 0.1) is 0 Å². The molecule has 0 atom stereocenters. The molecule has 0 unspecified atom stereocenters. The maximum absolute atomic E-state index is 10.6. The minimum atomic E-state index is -1.05. The van der Waals surface area contributed by atoms with Gasteiger partial charge in [-0.3, -0.25) is 0 Å². The van der Waals surface area contributed by atoms with Gasteiger partial charge in [0.15, 0.2) is 0 Å². The van der Waals surface area contributed by atoms with E-state index in [9.17, 15) is 9.90 Å². The second-order valence-electron chi connectivity index (χ2n) is 5.00. The van der Waals surface area contributed by atoms with Crippen molar-refractivity contribution in [2.24, 2.45) is 0 Å². The van der Waals surface area contributed by atoms with Gasteiger partial charge in [-0.25, -0.2) is 0 Å². The minimum absolute atomic E-state index is 0.00939. The van der Waals surface area contributed by atoms with Crippen LogP contribution < -0.4 is 19.5 Å². The second kappa shape index (κ2) is 8.43. The number of hydrogen-bond donors (Lipinski definition) is 1. The van der Waals surface area contributed by atoms with Gasteiger partial charge in [-0.05, 0) is 24.5 Å². The van der Waals surface area contributed by atoms with Crippen LogP contribution in [-0.2, 0) is 11.2 Å². The number of aliphatic carboxylic acids is 1. The number of nitrogens with one attached hydrogen (secondary N) is 1. The summed E-state index contributed by atoms with van der Waals surface area (Å²) in [5.41, 5.74) is 0.868. The van der Waals surface area contributed by atoms with E-state index in [1.807, 2.05) is 6.07 Å². The van der Waals surface area contributed by atoms with Crippen LogP contribution in [0.25, 0.3) is 0 Å². The highest BCUT2D eigenvalue weighted by Crippen LogP contribution is 2.26. The van der Waals surface area contributed by atoms with Crippen molar-refractivity contribution in [2.45, 2.75) is 19.3 Å². The molecule has 0 amide bonds. The van der Waals surface area contributed by atoms with Crippen molar-refractivity contribution in [2.75, 3.05) is 34.4 Å². The molecule has 0 saturated heterocycles. The topological polar surface area (TPSA) is 63.0 Å². The van der Waals surface area contributed by atoms with E-state index in [1.165, 1.54) is 4.90 Å². The molecular weight excluding hydrogens is 258 g/mol. The van der Waals surface area contributed by atoms with E-state index in [0.29, 0.717) is 24.5 Å². The standard InChI is InChI=1S/C15H23NO4/c1-16(2)9-4-10-20-14-11-13(19-3)7-5-12(14)6-8-15(17)18/h5,7,11H,4,6,8-10H2,1-3H3,(H,17,18). The number of methoxy groups -OCH3 is 1. The fourth-order valence-electron chi connectivity index (χ4n) is 1.85. The summed E-state index contributed by atoms with van der Waals surface area (Å²) in [6.45, 7) is 1.63. The molecule has 1 rings (SSSR count). The van der Waals surface area contributed by atoms with Crippen LogP contribution in [0.4, 0.5) is 0 Å². The average molecular weight is 281 g/mol. The molecule has 0 fully saturated rings. The van der Waals surface area contributed by atoms with Crippen LogP contribution in [0.1, 0.15) is 18.4 Å². The van der Waals surface area contributed by atoms with E-state index in [4.69, 9.17) is 9.47 Å². The lowest BCUT2D eigenvalue weighted by atomic mass is 10.1. The molecule has 1 N–H and O–H groups in total. The van der Waals surface area contributed by atoms with Crippen molar-refractivity contribution in [1.29, 1.82) is 0 Å². The Bertz CT molecular complexity index is 432. The number of benzene rings is 1. The van der Waals surface area contributed by atoms with Gasteiger partial charge in [0.25, 0.3) is 0 Å². The highest BCUT2D eigenvalue weighted by atomic mass is 16.5. The number of quaternary nitrogens is 1. The molecule has 0 aliphatic rings. The number of rotatable bonds is 9. The molecule has 1 aromatic rings. The number of carbonyl (C=O) groups excluding carboxylic acids is 1. The molecule has 0 bridgehead atoms. The Morgan fingerprint density at radius 1 is 1.35 bits per heavy atom. The summed E-state index contributed by atoms with van der Waals surface area (Å²) < 4.78 is 10.9. The van der Waals surface area contributed by atoms with Gasteiger partial charge in [0.1, 0.15) is 11.5 Å². The molecule has 5 heteroatoms. The van der Waals surface area contributed by atoms with Crippen molar-refractivity contribution in [3.63, 3.8) is 0 Å². The van der Waals surface area contributed by atoms with Crippen molar-refractivity contribution >= 4 is 5.97 Å². The normalized spacial score (nSPS) is 10.6. The summed E-state index contributed by atoms with van der Waals surface area (Å²) in [6, 6.07) is 5.45. The maximum atomic E-state index is 10.6. The number of carboxylic acid groups (broad SMARTS) is 1. The molecule has 0 aromatic heterocycles. The summed E-state index contributed by atoms with van der Waals surface area (Å²) in [5, 5.41) is 10.6. The molecule has 0 saturated carbocycles. The lowest BCUT2D eigenvalue weighted by molar-refractivity contribution is -0.858. The summed E-state index contributed by atoms with van der Waals surface area (Å²) in [5.74, 6) is 0.345. The molecule has 1 aromatic carbocycles. The molecule has 112 valence electrons. The fraction of sp³-hybridized carbons (Fsp3) is 0.533. The van der Waals surface area contributed by atoms with Gasteiger partial charge < -0.3 is 24.3 Å². The quantitative estimate of drug-likeness (QED) is 0.608. The third-order valence-electron chi connectivity index (χ3n) is 2.95. The SMILES string of the molecule is COc1ccc(CCC(=O)[O-])c(OCCC[NH+](C)C)c1. The Labute approximate surface area is 120 Å². The zero-order chi connectivity index (χ0) is 15.0. The third-order valence-corrected chi connectivity index (χ3v) is 2.95. The van der Waals surface area contributed by atoms with Gasteiger partial charge in [0, 0.05) is 18.5 Å². The predicted octanol–water partition coefficient (Wildman–Crippen LogP) is -0.709. The van der Waals surface area contributed by atoms with E-state index in [0.717, 1.165) is 18.5 Å². The first-order valence-electron chi connectivity index (χ1n) is 6.81. The van der Waals surface area contributed by atoms with Crippen LogP contribution in [0.3, 0.4) is 0 Å². The van der Waals surface area contributed by atoms with E-state index in [2.05, 4.69) is 14.1 Å². The molecule has 0 heterocycles. The van der Waals surface area contributed by atoms with Gasteiger partial charge in [-0.1, -0.05) is 6.07 Å². The van der Waals surface area contributed by atoms with Crippen molar-refractivity contribution < 1.29 is 24.3 Å². The predicted molar refractivity (Wildman–Crippen MR) is 74.1 cm³/mol. The van der Waals surface area contributed by atoms with E-state index in [1.54, 1.807) is 19.2 Å². The van der Waals surface area contributed by atoms with Gasteiger partial charge in [-0.2, -0.15) is 0 Å². The first kappa shape index (κ1) is 16.3. The van der Waals surface area contributed by atoms with Gasteiger partial charge in [0.05, 0.1) is 34.4 Å². The van der Waals surface area contributed by atoms with Crippen LogP contribution in [0.15, 0.2) is 18.2 Å². The van der Waals surface area contributed by atoms with Crippen LogP contribution in [-0.4, -0.2) is 40.3 Å². The number of ether oxygens (including phenoxy) is 2. The summed E-state index contributed by atoms with van der Waals surface area (Å²) in [7, 11) is 5.78. The number of carboxylic acids is 1. The Kier molecular flexibility index (Phi) is 6.87. The molecular formula is C15H23NO4. The monoisotopic (exact) mass is 281 g/mol. The largest absolute Gasteiger partial charge is 0.550 e. The first-order chi connectivity index (χ1) is 9.52. The van der Waals surface area contributed by atoms with E-state index < -0.39 is 5.97 Å². The first-order valence-corrected chi connectivity index (χ1v) is 6.81. The number of hydrogen-bond acceptors (Lipinski definition) is 4. The molecule has 0 aliphatic heterocycles. The Morgan fingerprint density at radius 3 is 2.70 bits per heavy atom. The van der Waals surface area contributed by atoms with Crippen LogP contribution in [0.5, 0.6) is 11.5 Å². The minimum Gasteiger partial charge on any atom is -0.550 e. The molecule has 5 nitrogen and oxygen atoms in total.